The minimum absolute atomic E-state index is 0.0484. The number of allylic oxidation sites excluding steroid dienone is 2. The van der Waals surface area contributed by atoms with E-state index in [0.717, 1.165) is 11.5 Å². The second kappa shape index (κ2) is 8.42. The predicted octanol–water partition coefficient (Wildman–Crippen LogP) is 1.27. The molecular weight excluding hydrogens is 240 g/mol. The number of pyridine rings is 1. The number of nitrogens with zero attached hydrogens (tertiary/aromatic N) is 1. The molecular formula is C14H22N4O. The van der Waals surface area contributed by atoms with E-state index in [1.807, 2.05) is 43.4 Å². The normalized spacial score (nSPS) is 15.5. The van der Waals surface area contributed by atoms with Gasteiger partial charge in [0.05, 0.1) is 18.8 Å². The van der Waals surface area contributed by atoms with Crippen LogP contribution in [0.5, 0.6) is 0 Å². The summed E-state index contributed by atoms with van der Waals surface area (Å²) >= 11 is 0. The number of nitrogens with two attached hydrogens (primary N) is 2. The lowest BCUT2D eigenvalue weighted by Gasteiger charge is -2.24. The largest absolute Gasteiger partial charge is 0.501 e. The molecule has 0 aliphatic rings. The van der Waals surface area contributed by atoms with Gasteiger partial charge in [0.2, 0.25) is 0 Å². The summed E-state index contributed by atoms with van der Waals surface area (Å²) in [5.74, 6) is 6.51. The molecule has 5 heteroatoms. The third-order valence-electron chi connectivity index (χ3n) is 2.90. The monoisotopic (exact) mass is 262 g/mol. The van der Waals surface area contributed by atoms with E-state index in [1.165, 1.54) is 0 Å². The van der Waals surface area contributed by atoms with Crippen LogP contribution in [-0.4, -0.2) is 18.6 Å². The molecule has 0 aromatic carbocycles. The van der Waals surface area contributed by atoms with Gasteiger partial charge < -0.3 is 10.5 Å². The molecule has 1 rings (SSSR count). The van der Waals surface area contributed by atoms with Crippen LogP contribution in [0.25, 0.3) is 0 Å². The molecule has 0 saturated carbocycles. The summed E-state index contributed by atoms with van der Waals surface area (Å²) < 4.78 is 5.41. The van der Waals surface area contributed by atoms with Crippen LogP contribution in [0.15, 0.2) is 48.4 Å². The maximum atomic E-state index is 5.64. The van der Waals surface area contributed by atoms with Crippen LogP contribution in [0.2, 0.25) is 0 Å². The van der Waals surface area contributed by atoms with Crippen molar-refractivity contribution in [3.63, 3.8) is 0 Å². The Morgan fingerprint density at radius 2 is 2.32 bits per heavy atom. The standard InChI is InChI=1S/C14H22N4O/c1-11(13(19-2)8-3-5-9-15)14(18-16)12-7-4-6-10-17-12/h3-8,10-11,14,18H,9,15-16H2,1-2H3/b5-3-,13-8+/t11-,14?/m0/s1. The zero-order valence-electron chi connectivity index (χ0n) is 11.4. The number of rotatable bonds is 7. The molecule has 0 fully saturated rings. The molecule has 0 bridgehead atoms. The third-order valence-corrected chi connectivity index (χ3v) is 2.90. The van der Waals surface area contributed by atoms with Crippen molar-refractivity contribution >= 4 is 0 Å². The first kappa shape index (κ1) is 15.4. The highest BCUT2D eigenvalue weighted by Gasteiger charge is 2.22. The molecule has 0 aliphatic heterocycles. The summed E-state index contributed by atoms with van der Waals surface area (Å²) in [7, 11) is 1.64. The second-order valence-electron chi connectivity index (χ2n) is 4.12. The van der Waals surface area contributed by atoms with Crippen molar-refractivity contribution in [2.45, 2.75) is 13.0 Å². The van der Waals surface area contributed by atoms with Crippen molar-refractivity contribution < 1.29 is 4.74 Å². The summed E-state index contributed by atoms with van der Waals surface area (Å²) in [6, 6.07) is 5.63. The second-order valence-corrected chi connectivity index (χ2v) is 4.12. The quantitative estimate of drug-likeness (QED) is 0.298. The Labute approximate surface area is 114 Å². The molecule has 5 N–H and O–H groups in total. The summed E-state index contributed by atoms with van der Waals surface area (Å²) in [6.07, 6.45) is 7.38. The van der Waals surface area contributed by atoms with Crippen molar-refractivity contribution in [2.24, 2.45) is 17.5 Å². The van der Waals surface area contributed by atoms with Gasteiger partial charge in [0.15, 0.2) is 0 Å². The Hall–Kier alpha value is -1.69. The van der Waals surface area contributed by atoms with Crippen molar-refractivity contribution in [1.29, 1.82) is 0 Å². The van der Waals surface area contributed by atoms with E-state index in [2.05, 4.69) is 10.4 Å². The third kappa shape index (κ3) is 4.48. The number of ether oxygens (including phenoxy) is 1. The van der Waals surface area contributed by atoms with Crippen LogP contribution in [0.1, 0.15) is 18.7 Å². The van der Waals surface area contributed by atoms with E-state index in [1.54, 1.807) is 13.3 Å². The molecule has 5 nitrogen and oxygen atoms in total. The SMILES string of the molecule is CO/C(=C/C=C\CN)[C@H](C)C(NN)c1ccccn1. The van der Waals surface area contributed by atoms with Crippen LogP contribution in [0.4, 0.5) is 0 Å². The average Bonchev–Trinajstić information content (AvgIpc) is 2.45. The predicted molar refractivity (Wildman–Crippen MR) is 76.8 cm³/mol. The number of nitrogens with one attached hydrogen (secondary N) is 1. The molecule has 1 aromatic heterocycles. The van der Waals surface area contributed by atoms with E-state index >= 15 is 0 Å². The smallest absolute Gasteiger partial charge is 0.100 e. The topological polar surface area (TPSA) is 86.2 Å². The van der Waals surface area contributed by atoms with Crippen molar-refractivity contribution in [1.82, 2.24) is 10.4 Å². The van der Waals surface area contributed by atoms with E-state index in [4.69, 9.17) is 16.3 Å². The molecule has 0 saturated heterocycles. The highest BCUT2D eigenvalue weighted by atomic mass is 16.5. The van der Waals surface area contributed by atoms with Gasteiger partial charge in [-0.3, -0.25) is 16.3 Å². The van der Waals surface area contributed by atoms with E-state index in [9.17, 15) is 0 Å². The average molecular weight is 262 g/mol. The maximum absolute atomic E-state index is 5.64. The van der Waals surface area contributed by atoms with Gasteiger partial charge in [0.1, 0.15) is 5.76 Å². The maximum Gasteiger partial charge on any atom is 0.100 e. The molecule has 104 valence electrons. The molecule has 2 atom stereocenters. The highest BCUT2D eigenvalue weighted by Crippen LogP contribution is 2.26. The first-order valence-electron chi connectivity index (χ1n) is 6.22. The number of methoxy groups -OCH3 is 1. The molecule has 1 unspecified atom stereocenters. The van der Waals surface area contributed by atoms with Gasteiger partial charge in [-0.15, -0.1) is 0 Å². The van der Waals surface area contributed by atoms with E-state index < -0.39 is 0 Å². The van der Waals surface area contributed by atoms with Gasteiger partial charge in [-0.2, -0.15) is 0 Å². The fourth-order valence-corrected chi connectivity index (χ4v) is 1.86. The highest BCUT2D eigenvalue weighted by molar-refractivity contribution is 5.17. The molecule has 0 aliphatic carbocycles. The minimum atomic E-state index is -0.112. The summed E-state index contributed by atoms with van der Waals surface area (Å²) in [5.41, 5.74) is 9.08. The number of hydrogen-bond donors (Lipinski definition) is 3. The summed E-state index contributed by atoms with van der Waals surface area (Å²) in [5, 5.41) is 0. The Balaban J connectivity index is 2.91. The molecule has 1 heterocycles. The van der Waals surface area contributed by atoms with E-state index in [-0.39, 0.29) is 12.0 Å². The Kier molecular flexibility index (Phi) is 6.81. The van der Waals surface area contributed by atoms with Gasteiger partial charge in [-0.25, -0.2) is 0 Å². The van der Waals surface area contributed by atoms with E-state index in [0.29, 0.717) is 6.54 Å². The molecule has 0 radical (unpaired) electrons. The van der Waals surface area contributed by atoms with Gasteiger partial charge in [0.25, 0.3) is 0 Å². The van der Waals surface area contributed by atoms with Crippen molar-refractivity contribution in [3.05, 3.63) is 54.1 Å². The Morgan fingerprint density at radius 1 is 1.53 bits per heavy atom. The number of aromatic nitrogens is 1. The van der Waals surface area contributed by atoms with Crippen LogP contribution in [0, 0.1) is 5.92 Å². The molecule has 0 spiro atoms. The van der Waals surface area contributed by atoms with Crippen LogP contribution in [0.3, 0.4) is 0 Å². The Morgan fingerprint density at radius 3 is 2.84 bits per heavy atom. The minimum Gasteiger partial charge on any atom is -0.501 e. The van der Waals surface area contributed by atoms with Crippen LogP contribution < -0.4 is 17.0 Å². The van der Waals surface area contributed by atoms with Crippen LogP contribution in [-0.2, 0) is 4.74 Å². The Bertz CT molecular complexity index is 417. The van der Waals surface area contributed by atoms with Gasteiger partial charge in [-0.05, 0) is 18.2 Å². The van der Waals surface area contributed by atoms with Crippen LogP contribution >= 0.6 is 0 Å². The first-order chi connectivity index (χ1) is 9.24. The molecule has 1 aromatic rings. The molecule has 0 amide bonds. The zero-order chi connectivity index (χ0) is 14.1. The van der Waals surface area contributed by atoms with Crippen molar-refractivity contribution in [3.8, 4) is 0 Å². The fraction of sp³-hybridized carbons (Fsp3) is 0.357. The molecule has 19 heavy (non-hydrogen) atoms. The fourth-order valence-electron chi connectivity index (χ4n) is 1.86. The van der Waals surface area contributed by atoms with Gasteiger partial charge >= 0.3 is 0 Å². The lowest BCUT2D eigenvalue weighted by atomic mass is 9.96. The van der Waals surface area contributed by atoms with Crippen molar-refractivity contribution in [2.75, 3.05) is 13.7 Å². The van der Waals surface area contributed by atoms with Gasteiger partial charge in [0, 0.05) is 18.7 Å². The summed E-state index contributed by atoms with van der Waals surface area (Å²) in [6.45, 7) is 2.53. The zero-order valence-corrected chi connectivity index (χ0v) is 11.4. The lowest BCUT2D eigenvalue weighted by molar-refractivity contribution is 0.221. The lowest BCUT2D eigenvalue weighted by Crippen LogP contribution is -2.34. The first-order valence-corrected chi connectivity index (χ1v) is 6.22. The number of hydrogen-bond acceptors (Lipinski definition) is 5. The number of hydrazine groups is 1. The van der Waals surface area contributed by atoms with Gasteiger partial charge in [-0.1, -0.05) is 25.1 Å². The summed E-state index contributed by atoms with van der Waals surface area (Å²) in [4.78, 5) is 4.32.